The Bertz CT molecular complexity index is 1130. The van der Waals surface area contributed by atoms with Crippen LogP contribution in [0.2, 0.25) is 10.0 Å². The van der Waals surface area contributed by atoms with Crippen LogP contribution in [-0.2, 0) is 26.2 Å². The Morgan fingerprint density at radius 2 is 1.73 bits per heavy atom. The highest BCUT2D eigenvalue weighted by Crippen LogP contribution is 2.28. The van der Waals surface area contributed by atoms with Crippen molar-refractivity contribution in [3.63, 3.8) is 0 Å². The van der Waals surface area contributed by atoms with Crippen LogP contribution >= 0.6 is 39.1 Å². The fraction of sp³-hybridized carbons (Fsp3) is 0.364. The standard InChI is InChI=1S/C22H26BrCl2N3O4S/c1-14(2)26-22(30)15(3)27(12-16-6-5-7-17(23)10-16)21(29)13-28(33(4,31)32)18-8-9-19(24)20(25)11-18/h5-11,14-15H,12-13H2,1-4H3,(H,26,30)/t15-/m0/s1. The summed E-state index contributed by atoms with van der Waals surface area (Å²) in [5.41, 5.74) is 0.976. The fourth-order valence-electron chi connectivity index (χ4n) is 3.07. The van der Waals surface area contributed by atoms with Gasteiger partial charge in [-0.3, -0.25) is 13.9 Å². The lowest BCUT2D eigenvalue weighted by molar-refractivity contribution is -0.139. The van der Waals surface area contributed by atoms with E-state index >= 15 is 0 Å². The van der Waals surface area contributed by atoms with Crippen molar-refractivity contribution < 1.29 is 18.0 Å². The number of rotatable bonds is 9. The minimum Gasteiger partial charge on any atom is -0.352 e. The van der Waals surface area contributed by atoms with Crippen molar-refractivity contribution in [1.82, 2.24) is 10.2 Å². The van der Waals surface area contributed by atoms with Gasteiger partial charge in [-0.2, -0.15) is 0 Å². The van der Waals surface area contributed by atoms with E-state index in [-0.39, 0.29) is 34.2 Å². The summed E-state index contributed by atoms with van der Waals surface area (Å²) in [7, 11) is -3.84. The number of anilines is 1. The second-order valence-electron chi connectivity index (χ2n) is 7.86. The maximum Gasteiger partial charge on any atom is 0.244 e. The number of amides is 2. The molecule has 0 saturated heterocycles. The van der Waals surface area contributed by atoms with Gasteiger partial charge in [0.25, 0.3) is 0 Å². The Hall–Kier alpha value is -1.81. The second kappa shape index (κ2) is 11.6. The highest BCUT2D eigenvalue weighted by Gasteiger charge is 2.30. The number of halogens is 3. The molecule has 2 aromatic carbocycles. The summed E-state index contributed by atoms with van der Waals surface area (Å²) in [6.07, 6.45) is 0.996. The summed E-state index contributed by atoms with van der Waals surface area (Å²) in [5.74, 6) is -0.883. The van der Waals surface area contributed by atoms with Gasteiger partial charge in [0, 0.05) is 17.1 Å². The van der Waals surface area contributed by atoms with Gasteiger partial charge in [0.2, 0.25) is 21.8 Å². The predicted octanol–water partition coefficient (Wildman–Crippen LogP) is 4.46. The minimum absolute atomic E-state index is 0.115. The molecule has 33 heavy (non-hydrogen) atoms. The maximum absolute atomic E-state index is 13.4. The van der Waals surface area contributed by atoms with Gasteiger partial charge in [0.15, 0.2) is 0 Å². The van der Waals surface area contributed by atoms with Crippen molar-refractivity contribution >= 4 is 66.7 Å². The molecule has 2 amide bonds. The number of nitrogens with one attached hydrogen (secondary N) is 1. The average Bonchev–Trinajstić information content (AvgIpc) is 2.70. The van der Waals surface area contributed by atoms with E-state index in [2.05, 4.69) is 21.2 Å². The summed E-state index contributed by atoms with van der Waals surface area (Å²) in [6, 6.07) is 10.7. The van der Waals surface area contributed by atoms with Gasteiger partial charge >= 0.3 is 0 Å². The molecule has 0 unspecified atom stereocenters. The molecule has 0 radical (unpaired) electrons. The van der Waals surface area contributed by atoms with Gasteiger partial charge in [-0.25, -0.2) is 8.42 Å². The first kappa shape index (κ1) is 27.4. The lowest BCUT2D eigenvalue weighted by atomic mass is 10.1. The summed E-state index contributed by atoms with van der Waals surface area (Å²) in [5, 5.41) is 3.22. The quantitative estimate of drug-likeness (QED) is 0.476. The van der Waals surface area contributed by atoms with Crippen molar-refractivity contribution in [3.8, 4) is 0 Å². The molecule has 0 aliphatic rings. The third-order valence-corrected chi connectivity index (χ3v) is 7.08. The molecule has 11 heteroatoms. The summed E-state index contributed by atoms with van der Waals surface area (Å²) >= 11 is 15.4. The Balaban J connectivity index is 2.41. The van der Waals surface area contributed by atoms with Crippen LogP contribution in [0, 0.1) is 0 Å². The number of hydrogen-bond acceptors (Lipinski definition) is 4. The van der Waals surface area contributed by atoms with Gasteiger partial charge in [-0.15, -0.1) is 0 Å². The summed E-state index contributed by atoms with van der Waals surface area (Å²) in [4.78, 5) is 27.5. The van der Waals surface area contributed by atoms with E-state index in [0.29, 0.717) is 0 Å². The van der Waals surface area contributed by atoms with Crippen LogP contribution in [0.15, 0.2) is 46.9 Å². The SMILES string of the molecule is CC(C)NC(=O)[C@H](C)N(Cc1cccc(Br)c1)C(=O)CN(c1ccc(Cl)c(Cl)c1)S(C)(=O)=O. The first-order valence-corrected chi connectivity index (χ1v) is 13.5. The Kier molecular flexibility index (Phi) is 9.60. The van der Waals surface area contributed by atoms with E-state index in [9.17, 15) is 18.0 Å². The monoisotopic (exact) mass is 577 g/mol. The minimum atomic E-state index is -3.84. The zero-order valence-electron chi connectivity index (χ0n) is 18.7. The molecular formula is C22H26BrCl2N3O4S. The van der Waals surface area contributed by atoms with E-state index in [1.54, 1.807) is 6.92 Å². The topological polar surface area (TPSA) is 86.8 Å². The normalized spacial score (nSPS) is 12.4. The van der Waals surface area contributed by atoms with Crippen molar-refractivity contribution in [2.24, 2.45) is 0 Å². The molecule has 1 N–H and O–H groups in total. The van der Waals surface area contributed by atoms with Crippen molar-refractivity contribution in [1.29, 1.82) is 0 Å². The number of sulfonamides is 1. The van der Waals surface area contributed by atoms with Crippen molar-refractivity contribution in [3.05, 3.63) is 62.5 Å². The van der Waals surface area contributed by atoms with Crippen LogP contribution in [0.25, 0.3) is 0 Å². The maximum atomic E-state index is 13.4. The fourth-order valence-corrected chi connectivity index (χ4v) is 4.65. The Labute approximate surface area is 213 Å². The van der Waals surface area contributed by atoms with Crippen LogP contribution in [0.5, 0.6) is 0 Å². The van der Waals surface area contributed by atoms with Gasteiger partial charge in [-0.05, 0) is 56.7 Å². The van der Waals surface area contributed by atoms with E-state index in [4.69, 9.17) is 23.2 Å². The molecule has 0 aliphatic heterocycles. The lowest BCUT2D eigenvalue weighted by Crippen LogP contribution is -2.52. The Morgan fingerprint density at radius 1 is 1.06 bits per heavy atom. The number of hydrogen-bond donors (Lipinski definition) is 1. The molecular weight excluding hydrogens is 553 g/mol. The zero-order valence-corrected chi connectivity index (χ0v) is 22.6. The third kappa shape index (κ3) is 7.88. The Morgan fingerprint density at radius 3 is 2.27 bits per heavy atom. The smallest absolute Gasteiger partial charge is 0.244 e. The summed E-state index contributed by atoms with van der Waals surface area (Å²) < 4.78 is 26.8. The van der Waals surface area contributed by atoms with Gasteiger partial charge in [-0.1, -0.05) is 51.3 Å². The van der Waals surface area contributed by atoms with Crippen molar-refractivity contribution in [2.75, 3.05) is 17.1 Å². The van der Waals surface area contributed by atoms with Gasteiger partial charge in [0.05, 0.1) is 22.0 Å². The second-order valence-corrected chi connectivity index (χ2v) is 11.5. The van der Waals surface area contributed by atoms with Crippen LogP contribution in [0.1, 0.15) is 26.3 Å². The number of carbonyl (C=O) groups is 2. The third-order valence-electron chi connectivity index (χ3n) is 4.71. The molecule has 0 aliphatic carbocycles. The molecule has 0 fully saturated rings. The average molecular weight is 579 g/mol. The summed E-state index contributed by atoms with van der Waals surface area (Å²) in [6.45, 7) is 4.85. The van der Waals surface area contributed by atoms with Crippen LogP contribution in [0.4, 0.5) is 5.69 Å². The van der Waals surface area contributed by atoms with Crippen LogP contribution < -0.4 is 9.62 Å². The molecule has 0 aromatic heterocycles. The van der Waals surface area contributed by atoms with E-state index < -0.39 is 28.5 Å². The van der Waals surface area contributed by atoms with Crippen LogP contribution in [-0.4, -0.2) is 50.0 Å². The molecule has 7 nitrogen and oxygen atoms in total. The molecule has 2 aromatic rings. The predicted molar refractivity (Wildman–Crippen MR) is 136 cm³/mol. The first-order chi connectivity index (χ1) is 15.3. The number of benzene rings is 2. The first-order valence-electron chi connectivity index (χ1n) is 10.1. The molecule has 2 rings (SSSR count). The van der Waals surface area contributed by atoms with E-state index in [1.807, 2.05) is 38.1 Å². The molecule has 180 valence electrons. The zero-order chi connectivity index (χ0) is 24.9. The van der Waals surface area contributed by atoms with E-state index in [0.717, 1.165) is 20.6 Å². The molecule has 0 saturated carbocycles. The highest BCUT2D eigenvalue weighted by molar-refractivity contribution is 9.10. The molecule has 0 heterocycles. The lowest BCUT2D eigenvalue weighted by Gasteiger charge is -2.32. The van der Waals surface area contributed by atoms with Gasteiger partial charge in [0.1, 0.15) is 12.6 Å². The van der Waals surface area contributed by atoms with Gasteiger partial charge < -0.3 is 10.2 Å². The largest absolute Gasteiger partial charge is 0.352 e. The van der Waals surface area contributed by atoms with Crippen molar-refractivity contribution in [2.45, 2.75) is 39.4 Å². The van der Waals surface area contributed by atoms with E-state index in [1.165, 1.54) is 23.1 Å². The molecule has 0 spiro atoms. The van der Waals surface area contributed by atoms with Crippen LogP contribution in [0.3, 0.4) is 0 Å². The highest BCUT2D eigenvalue weighted by atomic mass is 79.9. The molecule has 0 bridgehead atoms. The molecule has 1 atom stereocenters. The number of nitrogens with zero attached hydrogens (tertiary/aromatic N) is 2. The number of carbonyl (C=O) groups excluding carboxylic acids is 2.